The molecule has 1 aliphatic rings. The number of amides is 1. The predicted octanol–water partition coefficient (Wildman–Crippen LogP) is 6.16. The van der Waals surface area contributed by atoms with Crippen molar-refractivity contribution in [2.45, 2.75) is 57.9 Å². The molecule has 3 aromatic rings. The molecule has 0 bridgehead atoms. The minimum absolute atomic E-state index is 0.0822. The van der Waals surface area contributed by atoms with Crippen LogP contribution in [0.4, 0.5) is 4.39 Å². The molecule has 0 radical (unpaired) electrons. The number of ether oxygens (including phenoxy) is 2. The van der Waals surface area contributed by atoms with E-state index in [-0.39, 0.29) is 24.6 Å². The van der Waals surface area contributed by atoms with Crippen LogP contribution in [0.1, 0.15) is 58.3 Å². The Morgan fingerprint density at radius 3 is 2.29 bits per heavy atom. The highest BCUT2D eigenvalue weighted by molar-refractivity contribution is 5.96. The third-order valence-corrected chi connectivity index (χ3v) is 7.00. The van der Waals surface area contributed by atoms with Crippen molar-refractivity contribution in [3.8, 4) is 11.5 Å². The molecular weight excluding hydrogens is 485 g/mol. The van der Waals surface area contributed by atoms with Crippen LogP contribution in [-0.4, -0.2) is 35.7 Å². The van der Waals surface area contributed by atoms with E-state index in [0.717, 1.165) is 16.7 Å². The minimum atomic E-state index is -0.924. The third kappa shape index (κ3) is 7.42. The Labute approximate surface area is 222 Å². The van der Waals surface area contributed by atoms with Gasteiger partial charge in [-0.1, -0.05) is 24.3 Å². The van der Waals surface area contributed by atoms with Gasteiger partial charge < -0.3 is 19.9 Å². The molecule has 0 aliphatic carbocycles. The van der Waals surface area contributed by atoms with Crippen molar-refractivity contribution >= 4 is 11.9 Å². The summed E-state index contributed by atoms with van der Waals surface area (Å²) < 4.78 is 25.0. The average molecular weight is 520 g/mol. The van der Waals surface area contributed by atoms with Gasteiger partial charge in [0, 0.05) is 30.7 Å². The van der Waals surface area contributed by atoms with Crippen LogP contribution in [0.2, 0.25) is 0 Å². The maximum atomic E-state index is 13.7. The van der Waals surface area contributed by atoms with E-state index in [9.17, 15) is 19.1 Å². The first-order valence-electron chi connectivity index (χ1n) is 13.0. The fourth-order valence-corrected chi connectivity index (χ4v) is 4.96. The number of nitrogens with one attached hydrogen (secondary N) is 1. The quantitative estimate of drug-likeness (QED) is 0.335. The van der Waals surface area contributed by atoms with Crippen LogP contribution >= 0.6 is 0 Å². The minimum Gasteiger partial charge on any atom is -0.481 e. The van der Waals surface area contributed by atoms with Crippen LogP contribution in [0.5, 0.6) is 11.5 Å². The van der Waals surface area contributed by atoms with Gasteiger partial charge in [0.05, 0.1) is 0 Å². The first-order chi connectivity index (χ1) is 18.2. The maximum Gasteiger partial charge on any atom is 0.303 e. The highest BCUT2D eigenvalue weighted by atomic mass is 19.1. The number of rotatable bonds is 10. The smallest absolute Gasteiger partial charge is 0.303 e. The lowest BCUT2D eigenvalue weighted by Gasteiger charge is -2.38. The second-order valence-electron chi connectivity index (χ2n) is 10.1. The molecule has 1 saturated heterocycles. The largest absolute Gasteiger partial charge is 0.481 e. The van der Waals surface area contributed by atoms with Crippen LogP contribution in [0.15, 0.2) is 60.7 Å². The number of halogens is 1. The summed E-state index contributed by atoms with van der Waals surface area (Å²) in [5, 5.41) is 12.5. The monoisotopic (exact) mass is 519 g/mol. The molecule has 1 aliphatic heterocycles. The number of carboxylic acids is 1. The van der Waals surface area contributed by atoms with Crippen LogP contribution in [0.3, 0.4) is 0 Å². The molecule has 200 valence electrons. The van der Waals surface area contributed by atoms with E-state index in [1.807, 2.05) is 26.0 Å². The standard InChI is InChI=1S/C31H34FNO5/c1-21-17-22(2)19-27(18-21)38-26-9-5-24(6-10-29(34)35)28(20-26)30(36)33-31(13-15-37-16-14-31)12-11-23-3-7-25(32)8-4-23/h3-5,7-9,17-20H,6,10-16H2,1-2H3,(H,33,36)(H,34,35). The van der Waals surface area contributed by atoms with Crippen LogP contribution in [0.25, 0.3) is 0 Å². The summed E-state index contributed by atoms with van der Waals surface area (Å²) >= 11 is 0. The van der Waals surface area contributed by atoms with E-state index in [1.165, 1.54) is 12.1 Å². The number of carboxylic acid groups (broad SMARTS) is 1. The van der Waals surface area contributed by atoms with Crippen LogP contribution in [-0.2, 0) is 22.4 Å². The second-order valence-corrected chi connectivity index (χ2v) is 10.1. The van der Waals surface area contributed by atoms with Gasteiger partial charge in [-0.05, 0) is 105 Å². The molecule has 1 fully saturated rings. The fourth-order valence-electron chi connectivity index (χ4n) is 4.96. The molecule has 6 nitrogen and oxygen atoms in total. The van der Waals surface area contributed by atoms with Crippen molar-refractivity contribution in [2.75, 3.05) is 13.2 Å². The second kappa shape index (κ2) is 12.2. The van der Waals surface area contributed by atoms with Gasteiger partial charge in [0.2, 0.25) is 0 Å². The summed E-state index contributed by atoms with van der Waals surface area (Å²) in [7, 11) is 0. The summed E-state index contributed by atoms with van der Waals surface area (Å²) in [6, 6.07) is 17.6. The number of carbonyl (C=O) groups excluding carboxylic acids is 1. The van der Waals surface area contributed by atoms with Crippen molar-refractivity contribution in [1.82, 2.24) is 5.32 Å². The Morgan fingerprint density at radius 2 is 1.63 bits per heavy atom. The summed E-state index contributed by atoms with van der Waals surface area (Å²) in [5.41, 5.74) is 3.70. The Morgan fingerprint density at radius 1 is 0.947 bits per heavy atom. The number of aryl methyl sites for hydroxylation is 4. The molecule has 2 N–H and O–H groups in total. The zero-order valence-electron chi connectivity index (χ0n) is 21.9. The summed E-state index contributed by atoms with van der Waals surface area (Å²) in [5.74, 6) is -0.289. The predicted molar refractivity (Wildman–Crippen MR) is 143 cm³/mol. The number of aliphatic carboxylic acids is 1. The van der Waals surface area contributed by atoms with Gasteiger partial charge in [-0.15, -0.1) is 0 Å². The molecule has 0 unspecified atom stereocenters. The molecule has 38 heavy (non-hydrogen) atoms. The Hall–Kier alpha value is -3.71. The highest BCUT2D eigenvalue weighted by Crippen LogP contribution is 2.30. The summed E-state index contributed by atoms with van der Waals surface area (Å²) in [4.78, 5) is 25.0. The average Bonchev–Trinajstić information content (AvgIpc) is 2.87. The molecule has 0 aromatic heterocycles. The van der Waals surface area contributed by atoms with Crippen LogP contribution in [0, 0.1) is 19.7 Å². The normalized spacial score (nSPS) is 14.6. The molecular formula is C31H34FNO5. The Balaban J connectivity index is 1.58. The molecule has 4 rings (SSSR count). The van der Waals surface area contributed by atoms with Crippen molar-refractivity contribution in [3.63, 3.8) is 0 Å². The first kappa shape index (κ1) is 27.3. The van der Waals surface area contributed by atoms with Gasteiger partial charge in [0.1, 0.15) is 17.3 Å². The van der Waals surface area contributed by atoms with E-state index in [0.29, 0.717) is 61.5 Å². The van der Waals surface area contributed by atoms with Crippen molar-refractivity contribution < 1.29 is 28.6 Å². The molecule has 1 amide bonds. The lowest BCUT2D eigenvalue weighted by molar-refractivity contribution is -0.136. The van der Waals surface area contributed by atoms with E-state index < -0.39 is 11.5 Å². The van der Waals surface area contributed by atoms with Crippen molar-refractivity contribution in [3.05, 3.63) is 94.3 Å². The highest BCUT2D eigenvalue weighted by Gasteiger charge is 2.34. The maximum absolute atomic E-state index is 13.7. The summed E-state index contributed by atoms with van der Waals surface area (Å²) in [6.45, 7) is 5.05. The number of carbonyl (C=O) groups is 2. The van der Waals surface area contributed by atoms with Crippen molar-refractivity contribution in [2.24, 2.45) is 0 Å². The van der Waals surface area contributed by atoms with Gasteiger partial charge >= 0.3 is 5.97 Å². The Kier molecular flexibility index (Phi) is 8.79. The molecule has 0 atom stereocenters. The molecule has 7 heteroatoms. The molecule has 0 spiro atoms. The lowest BCUT2D eigenvalue weighted by atomic mass is 9.83. The summed E-state index contributed by atoms with van der Waals surface area (Å²) in [6.07, 6.45) is 2.82. The zero-order valence-corrected chi connectivity index (χ0v) is 21.9. The lowest BCUT2D eigenvalue weighted by Crippen LogP contribution is -2.52. The van der Waals surface area contributed by atoms with Gasteiger partial charge in [-0.3, -0.25) is 9.59 Å². The molecule has 3 aromatic carbocycles. The van der Waals surface area contributed by atoms with E-state index in [2.05, 4.69) is 11.4 Å². The zero-order chi connectivity index (χ0) is 27.1. The van der Waals surface area contributed by atoms with E-state index in [1.54, 1.807) is 30.3 Å². The van der Waals surface area contributed by atoms with Gasteiger partial charge in [-0.25, -0.2) is 4.39 Å². The van der Waals surface area contributed by atoms with Gasteiger partial charge in [-0.2, -0.15) is 0 Å². The van der Waals surface area contributed by atoms with E-state index >= 15 is 0 Å². The van der Waals surface area contributed by atoms with Gasteiger partial charge in [0.25, 0.3) is 5.91 Å². The molecule has 0 saturated carbocycles. The number of hydrogen-bond acceptors (Lipinski definition) is 4. The number of hydrogen-bond donors (Lipinski definition) is 2. The van der Waals surface area contributed by atoms with Crippen LogP contribution < -0.4 is 10.1 Å². The topological polar surface area (TPSA) is 84.9 Å². The SMILES string of the molecule is Cc1cc(C)cc(Oc2ccc(CCC(=O)O)c(C(=O)NC3(CCc4ccc(F)cc4)CCOCC3)c2)c1. The molecule has 1 heterocycles. The van der Waals surface area contributed by atoms with E-state index in [4.69, 9.17) is 9.47 Å². The van der Waals surface area contributed by atoms with Gasteiger partial charge in [0.15, 0.2) is 0 Å². The third-order valence-electron chi connectivity index (χ3n) is 7.00. The fraction of sp³-hybridized carbons (Fsp3) is 0.355. The first-order valence-corrected chi connectivity index (χ1v) is 13.0. The van der Waals surface area contributed by atoms with Crippen molar-refractivity contribution in [1.29, 1.82) is 0 Å². The Bertz CT molecular complexity index is 1260. The number of benzene rings is 3.